The van der Waals surface area contributed by atoms with Crippen LogP contribution in [0.15, 0.2) is 54.9 Å². The number of hydrogen-bond acceptors (Lipinski definition) is 5. The predicted molar refractivity (Wildman–Crippen MR) is 115 cm³/mol. The van der Waals surface area contributed by atoms with Crippen molar-refractivity contribution in [1.29, 1.82) is 0 Å². The number of nitrogens with zero attached hydrogens (tertiary/aromatic N) is 2. The van der Waals surface area contributed by atoms with E-state index in [1.54, 1.807) is 25.4 Å². The van der Waals surface area contributed by atoms with Crippen LogP contribution in [0.4, 0.5) is 0 Å². The van der Waals surface area contributed by atoms with Gasteiger partial charge in [0.05, 0.1) is 16.8 Å². The van der Waals surface area contributed by atoms with Crippen molar-refractivity contribution >= 4 is 22.8 Å². The lowest BCUT2D eigenvalue weighted by Gasteiger charge is -2.24. The number of fused-ring (bicyclic) bond motifs is 1. The van der Waals surface area contributed by atoms with Gasteiger partial charge in [-0.25, -0.2) is 9.78 Å². The van der Waals surface area contributed by atoms with E-state index < -0.39 is 12.1 Å². The van der Waals surface area contributed by atoms with Gasteiger partial charge in [0.15, 0.2) is 6.10 Å². The van der Waals surface area contributed by atoms with E-state index in [1.165, 1.54) is 6.42 Å². The zero-order valence-corrected chi connectivity index (χ0v) is 17.0. The quantitative estimate of drug-likeness (QED) is 0.643. The molecule has 6 heteroatoms. The van der Waals surface area contributed by atoms with Crippen molar-refractivity contribution in [2.45, 2.75) is 51.2 Å². The summed E-state index contributed by atoms with van der Waals surface area (Å²) in [7, 11) is 0. The molecule has 1 amide bonds. The van der Waals surface area contributed by atoms with E-state index in [0.717, 1.165) is 31.2 Å². The Bertz CT molecular complexity index is 1050. The van der Waals surface area contributed by atoms with Gasteiger partial charge in [0.25, 0.3) is 5.91 Å². The number of benzene rings is 1. The number of nitrogens with one attached hydrogen (secondary N) is 1. The maximum absolute atomic E-state index is 13.0. The van der Waals surface area contributed by atoms with Crippen LogP contribution in [0, 0.1) is 0 Å². The molecule has 0 saturated heterocycles. The van der Waals surface area contributed by atoms with E-state index in [4.69, 9.17) is 4.74 Å². The van der Waals surface area contributed by atoms with E-state index in [-0.39, 0.29) is 11.9 Å². The molecule has 1 atom stereocenters. The van der Waals surface area contributed by atoms with E-state index in [2.05, 4.69) is 15.3 Å². The molecule has 0 aliphatic heterocycles. The van der Waals surface area contributed by atoms with Crippen LogP contribution in [0.1, 0.15) is 49.4 Å². The largest absolute Gasteiger partial charge is 0.449 e. The van der Waals surface area contributed by atoms with Crippen molar-refractivity contribution in [3.05, 3.63) is 60.4 Å². The number of hydrogen-bond donors (Lipinski definition) is 1. The van der Waals surface area contributed by atoms with Gasteiger partial charge in [-0.3, -0.25) is 9.78 Å². The SMILES string of the molecule is CC(OC(=O)c1cc(-c2cccnc2)nc2ccccc12)C(=O)NC1CCCCC1. The van der Waals surface area contributed by atoms with Crippen LogP contribution in [0.3, 0.4) is 0 Å². The van der Waals surface area contributed by atoms with Crippen molar-refractivity contribution in [2.24, 2.45) is 0 Å². The summed E-state index contributed by atoms with van der Waals surface area (Å²) in [6, 6.07) is 13.0. The van der Waals surface area contributed by atoms with Crippen LogP contribution in [-0.2, 0) is 9.53 Å². The van der Waals surface area contributed by atoms with Crippen LogP contribution < -0.4 is 5.32 Å². The lowest BCUT2D eigenvalue weighted by atomic mass is 9.95. The molecule has 1 N–H and O–H groups in total. The number of carbonyl (C=O) groups is 2. The minimum absolute atomic E-state index is 0.173. The van der Waals surface area contributed by atoms with Gasteiger partial charge in [0.2, 0.25) is 0 Å². The Kier molecular flexibility index (Phi) is 6.02. The highest BCUT2D eigenvalue weighted by molar-refractivity contribution is 6.05. The summed E-state index contributed by atoms with van der Waals surface area (Å²) in [5.41, 5.74) is 2.51. The third kappa shape index (κ3) is 4.48. The molecule has 1 fully saturated rings. The van der Waals surface area contributed by atoms with Crippen LogP contribution in [-0.4, -0.2) is 34.0 Å². The first-order chi connectivity index (χ1) is 14.6. The number of rotatable bonds is 5. The summed E-state index contributed by atoms with van der Waals surface area (Å²) >= 11 is 0. The first kappa shape index (κ1) is 20.0. The molecule has 154 valence electrons. The van der Waals surface area contributed by atoms with Gasteiger partial charge in [0.1, 0.15) is 0 Å². The fraction of sp³-hybridized carbons (Fsp3) is 0.333. The Hall–Kier alpha value is -3.28. The van der Waals surface area contributed by atoms with Crippen molar-refractivity contribution in [1.82, 2.24) is 15.3 Å². The van der Waals surface area contributed by atoms with Gasteiger partial charge in [-0.1, -0.05) is 37.5 Å². The van der Waals surface area contributed by atoms with Crippen molar-refractivity contribution in [3.8, 4) is 11.3 Å². The van der Waals surface area contributed by atoms with E-state index in [1.807, 2.05) is 36.4 Å². The Morgan fingerprint density at radius 2 is 1.90 bits per heavy atom. The second-order valence-corrected chi connectivity index (χ2v) is 7.70. The normalized spacial score (nSPS) is 15.5. The van der Waals surface area contributed by atoms with Crippen LogP contribution in [0.5, 0.6) is 0 Å². The van der Waals surface area contributed by atoms with Gasteiger partial charge >= 0.3 is 5.97 Å². The third-order valence-electron chi connectivity index (χ3n) is 5.50. The van der Waals surface area contributed by atoms with E-state index >= 15 is 0 Å². The molecule has 6 nitrogen and oxygen atoms in total. The smallest absolute Gasteiger partial charge is 0.339 e. The summed E-state index contributed by atoms with van der Waals surface area (Å²) < 4.78 is 5.54. The van der Waals surface area contributed by atoms with Crippen molar-refractivity contribution < 1.29 is 14.3 Å². The zero-order chi connectivity index (χ0) is 20.9. The molecule has 2 aromatic heterocycles. The number of aromatic nitrogens is 2. The zero-order valence-electron chi connectivity index (χ0n) is 17.0. The lowest BCUT2D eigenvalue weighted by Crippen LogP contribution is -2.42. The summed E-state index contributed by atoms with van der Waals surface area (Å²) in [5, 5.41) is 3.70. The summed E-state index contributed by atoms with van der Waals surface area (Å²) in [6.07, 6.45) is 7.95. The monoisotopic (exact) mass is 403 g/mol. The Morgan fingerprint density at radius 3 is 2.67 bits per heavy atom. The number of para-hydroxylation sites is 1. The molecular formula is C24H25N3O3. The fourth-order valence-corrected chi connectivity index (χ4v) is 3.85. The number of esters is 1. The Labute approximate surface area is 175 Å². The van der Waals surface area contributed by atoms with Gasteiger partial charge < -0.3 is 10.1 Å². The standard InChI is InChI=1S/C24H25N3O3/c1-16(23(28)26-18-9-3-2-4-10-18)30-24(29)20-14-22(17-8-7-13-25-15-17)27-21-12-6-5-11-19(20)21/h5-8,11-16,18H,2-4,9-10H2,1H3,(H,26,28). The predicted octanol–water partition coefficient (Wildman–Crippen LogP) is 4.29. The highest BCUT2D eigenvalue weighted by atomic mass is 16.5. The van der Waals surface area contributed by atoms with Gasteiger partial charge in [-0.05, 0) is 44.0 Å². The first-order valence-corrected chi connectivity index (χ1v) is 10.4. The van der Waals surface area contributed by atoms with E-state index in [0.29, 0.717) is 22.2 Å². The summed E-state index contributed by atoms with van der Waals surface area (Å²) in [5.74, 6) is -0.786. The molecule has 1 aromatic carbocycles. The molecule has 1 aliphatic rings. The van der Waals surface area contributed by atoms with Crippen LogP contribution >= 0.6 is 0 Å². The molecule has 0 bridgehead atoms. The van der Waals surface area contributed by atoms with Crippen LogP contribution in [0.2, 0.25) is 0 Å². The Morgan fingerprint density at radius 1 is 1.10 bits per heavy atom. The van der Waals surface area contributed by atoms with Crippen molar-refractivity contribution in [3.63, 3.8) is 0 Å². The highest BCUT2D eigenvalue weighted by Crippen LogP contribution is 2.25. The molecule has 30 heavy (non-hydrogen) atoms. The van der Waals surface area contributed by atoms with Crippen molar-refractivity contribution in [2.75, 3.05) is 0 Å². The molecule has 4 rings (SSSR count). The molecule has 1 unspecified atom stereocenters. The third-order valence-corrected chi connectivity index (χ3v) is 5.50. The minimum atomic E-state index is -0.867. The highest BCUT2D eigenvalue weighted by Gasteiger charge is 2.24. The van der Waals surface area contributed by atoms with Crippen LogP contribution in [0.25, 0.3) is 22.2 Å². The maximum atomic E-state index is 13.0. The molecule has 3 aromatic rings. The second-order valence-electron chi connectivity index (χ2n) is 7.70. The fourth-order valence-electron chi connectivity index (χ4n) is 3.85. The Balaban J connectivity index is 1.56. The first-order valence-electron chi connectivity index (χ1n) is 10.4. The molecule has 2 heterocycles. The minimum Gasteiger partial charge on any atom is -0.449 e. The molecule has 1 saturated carbocycles. The second kappa shape index (κ2) is 9.03. The summed E-state index contributed by atoms with van der Waals surface area (Å²) in [4.78, 5) is 34.3. The topological polar surface area (TPSA) is 81.2 Å². The average molecular weight is 403 g/mol. The van der Waals surface area contributed by atoms with Gasteiger partial charge in [0, 0.05) is 29.4 Å². The van der Waals surface area contributed by atoms with Gasteiger partial charge in [-0.15, -0.1) is 0 Å². The molecule has 0 spiro atoms. The number of carbonyl (C=O) groups excluding carboxylic acids is 2. The summed E-state index contributed by atoms with van der Waals surface area (Å²) in [6.45, 7) is 1.61. The molecule has 0 radical (unpaired) electrons. The average Bonchev–Trinajstić information content (AvgIpc) is 2.79. The molecular weight excluding hydrogens is 378 g/mol. The number of ether oxygens (including phenoxy) is 1. The number of pyridine rings is 2. The van der Waals surface area contributed by atoms with E-state index in [9.17, 15) is 9.59 Å². The lowest BCUT2D eigenvalue weighted by molar-refractivity contribution is -0.130. The molecule has 1 aliphatic carbocycles. The number of amides is 1. The van der Waals surface area contributed by atoms with Gasteiger partial charge in [-0.2, -0.15) is 0 Å². The maximum Gasteiger partial charge on any atom is 0.339 e.